The fourth-order valence-corrected chi connectivity index (χ4v) is 3.76. The molecular formula is C17H10BrNO3S. The highest BCUT2D eigenvalue weighted by atomic mass is 79.9. The molecule has 4 nitrogen and oxygen atoms in total. The van der Waals surface area contributed by atoms with E-state index in [9.17, 15) is 8.42 Å². The summed E-state index contributed by atoms with van der Waals surface area (Å²) in [6.07, 6.45) is 0. The minimum Gasteiger partial charge on any atom is -0.378 e. The lowest BCUT2D eigenvalue weighted by Crippen LogP contribution is -2.10. The van der Waals surface area contributed by atoms with Gasteiger partial charge in [0.2, 0.25) is 0 Å². The number of hydrogen-bond acceptors (Lipinski definition) is 4. The maximum absolute atomic E-state index is 12.4. The third-order valence-corrected chi connectivity index (χ3v) is 5.37. The molecule has 3 rings (SSSR count). The van der Waals surface area contributed by atoms with Crippen molar-refractivity contribution >= 4 is 36.8 Å². The van der Waals surface area contributed by atoms with Crippen molar-refractivity contribution in [3.63, 3.8) is 0 Å². The van der Waals surface area contributed by atoms with Gasteiger partial charge < -0.3 is 4.18 Å². The van der Waals surface area contributed by atoms with Crippen LogP contribution in [0.3, 0.4) is 0 Å². The van der Waals surface area contributed by atoms with Crippen LogP contribution in [0, 0.1) is 11.3 Å². The predicted molar refractivity (Wildman–Crippen MR) is 90.6 cm³/mol. The maximum Gasteiger partial charge on any atom is 0.339 e. The molecule has 0 fully saturated rings. The molecule has 0 aliphatic carbocycles. The van der Waals surface area contributed by atoms with Crippen molar-refractivity contribution in [1.29, 1.82) is 5.26 Å². The van der Waals surface area contributed by atoms with Crippen LogP contribution in [0.15, 0.2) is 70.0 Å². The molecule has 0 spiro atoms. The van der Waals surface area contributed by atoms with E-state index in [0.717, 1.165) is 10.8 Å². The van der Waals surface area contributed by atoms with E-state index in [2.05, 4.69) is 15.9 Å². The first-order valence-corrected chi connectivity index (χ1v) is 8.83. The van der Waals surface area contributed by atoms with Crippen molar-refractivity contribution in [3.05, 3.63) is 70.7 Å². The lowest BCUT2D eigenvalue weighted by Gasteiger charge is -2.10. The zero-order chi connectivity index (χ0) is 16.4. The number of rotatable bonds is 3. The number of halogens is 1. The summed E-state index contributed by atoms with van der Waals surface area (Å²) in [6, 6.07) is 18.5. The fraction of sp³-hybridized carbons (Fsp3) is 0. The van der Waals surface area contributed by atoms with Crippen molar-refractivity contribution < 1.29 is 12.6 Å². The van der Waals surface area contributed by atoms with Gasteiger partial charge in [0.15, 0.2) is 5.75 Å². The van der Waals surface area contributed by atoms with Gasteiger partial charge in [-0.1, -0.05) is 30.3 Å². The van der Waals surface area contributed by atoms with Crippen LogP contribution in [-0.4, -0.2) is 8.42 Å². The van der Waals surface area contributed by atoms with E-state index in [4.69, 9.17) is 9.44 Å². The van der Waals surface area contributed by atoms with Crippen LogP contribution in [0.25, 0.3) is 10.8 Å². The molecule has 6 heteroatoms. The molecule has 0 saturated carbocycles. The first-order valence-electron chi connectivity index (χ1n) is 6.63. The van der Waals surface area contributed by atoms with Gasteiger partial charge in [-0.25, -0.2) is 0 Å². The summed E-state index contributed by atoms with van der Waals surface area (Å²) in [6.45, 7) is 0. The number of nitriles is 1. The summed E-state index contributed by atoms with van der Waals surface area (Å²) in [5.74, 6) is 0.216. The molecular weight excluding hydrogens is 378 g/mol. The molecule has 0 aliphatic heterocycles. The first-order chi connectivity index (χ1) is 11.0. The molecule has 0 radical (unpaired) electrons. The Hall–Kier alpha value is -2.36. The van der Waals surface area contributed by atoms with E-state index < -0.39 is 10.1 Å². The first kappa shape index (κ1) is 15.5. The molecule has 3 aromatic rings. The van der Waals surface area contributed by atoms with E-state index >= 15 is 0 Å². The molecule has 0 saturated heterocycles. The van der Waals surface area contributed by atoms with Crippen LogP contribution in [0.2, 0.25) is 0 Å². The normalized spacial score (nSPS) is 11.1. The molecule has 114 valence electrons. The summed E-state index contributed by atoms with van der Waals surface area (Å²) in [4.78, 5) is -0.00319. The third-order valence-electron chi connectivity index (χ3n) is 3.30. The molecule has 3 aromatic carbocycles. The molecule has 23 heavy (non-hydrogen) atoms. The van der Waals surface area contributed by atoms with Crippen LogP contribution in [0.5, 0.6) is 5.75 Å². The van der Waals surface area contributed by atoms with Crippen molar-refractivity contribution in [1.82, 2.24) is 0 Å². The Bertz CT molecular complexity index is 1020. The van der Waals surface area contributed by atoms with Gasteiger partial charge >= 0.3 is 10.1 Å². The zero-order valence-corrected chi connectivity index (χ0v) is 14.1. The van der Waals surface area contributed by atoms with Crippen molar-refractivity contribution in [2.45, 2.75) is 4.90 Å². The Balaban J connectivity index is 2.00. The number of benzene rings is 3. The van der Waals surface area contributed by atoms with Gasteiger partial charge in [0.25, 0.3) is 0 Å². The monoisotopic (exact) mass is 387 g/mol. The van der Waals surface area contributed by atoms with Crippen LogP contribution >= 0.6 is 15.9 Å². The Morgan fingerprint density at radius 2 is 1.65 bits per heavy atom. The highest BCUT2D eigenvalue weighted by molar-refractivity contribution is 9.10. The second kappa shape index (κ2) is 6.03. The highest BCUT2D eigenvalue weighted by Gasteiger charge is 2.19. The second-order valence-corrected chi connectivity index (χ2v) is 7.11. The standard InChI is InChI=1S/C17H10BrNO3S/c18-17-15-4-2-1-3-13(15)7-10-16(17)22-23(20,21)14-8-5-12(11-19)6-9-14/h1-10H. The van der Waals surface area contributed by atoms with E-state index in [1.165, 1.54) is 24.3 Å². The van der Waals surface area contributed by atoms with Gasteiger partial charge in [0, 0.05) is 0 Å². The lowest BCUT2D eigenvalue weighted by atomic mass is 10.1. The topological polar surface area (TPSA) is 67.2 Å². The summed E-state index contributed by atoms with van der Waals surface area (Å²) in [5.41, 5.74) is 0.385. The summed E-state index contributed by atoms with van der Waals surface area (Å²) < 4.78 is 30.5. The van der Waals surface area contributed by atoms with Crippen molar-refractivity contribution in [2.24, 2.45) is 0 Å². The van der Waals surface area contributed by atoms with Crippen LogP contribution in [-0.2, 0) is 10.1 Å². The molecule has 0 aromatic heterocycles. The Kier molecular flexibility index (Phi) is 4.07. The molecule has 0 amide bonds. The Morgan fingerprint density at radius 3 is 2.35 bits per heavy atom. The molecule has 0 heterocycles. The number of hydrogen-bond donors (Lipinski definition) is 0. The van der Waals surface area contributed by atoms with Gasteiger partial charge in [0.05, 0.1) is 16.1 Å². The highest BCUT2D eigenvalue weighted by Crippen LogP contribution is 2.34. The van der Waals surface area contributed by atoms with E-state index in [0.29, 0.717) is 10.0 Å². The molecule has 0 unspecified atom stereocenters. The largest absolute Gasteiger partial charge is 0.378 e. The minimum absolute atomic E-state index is 0.00319. The van der Waals surface area contributed by atoms with E-state index in [1.807, 2.05) is 30.3 Å². The van der Waals surface area contributed by atoms with Gasteiger partial charge in [-0.05, 0) is 57.0 Å². The maximum atomic E-state index is 12.4. The van der Waals surface area contributed by atoms with Crippen LogP contribution in [0.1, 0.15) is 5.56 Å². The average molecular weight is 388 g/mol. The SMILES string of the molecule is N#Cc1ccc(S(=O)(=O)Oc2ccc3ccccc3c2Br)cc1. The summed E-state index contributed by atoms with van der Waals surface area (Å²) in [5, 5.41) is 10.6. The Morgan fingerprint density at radius 1 is 0.957 bits per heavy atom. The van der Waals surface area contributed by atoms with Gasteiger partial charge in [-0.2, -0.15) is 13.7 Å². The van der Waals surface area contributed by atoms with Gasteiger partial charge in [-0.15, -0.1) is 0 Å². The molecule has 0 bridgehead atoms. The number of nitrogens with zero attached hydrogens (tertiary/aromatic N) is 1. The van der Waals surface area contributed by atoms with E-state index in [1.54, 1.807) is 12.1 Å². The van der Waals surface area contributed by atoms with Gasteiger partial charge in [0.1, 0.15) is 4.90 Å². The predicted octanol–water partition coefficient (Wildman–Crippen LogP) is 4.24. The van der Waals surface area contributed by atoms with E-state index in [-0.39, 0.29) is 10.6 Å². The summed E-state index contributed by atoms with van der Waals surface area (Å²) in [7, 11) is -3.97. The Labute approximate surface area is 142 Å². The minimum atomic E-state index is -3.97. The third kappa shape index (κ3) is 3.07. The molecule has 0 aliphatic rings. The quantitative estimate of drug-likeness (QED) is 0.630. The molecule has 0 N–H and O–H groups in total. The second-order valence-electron chi connectivity index (χ2n) is 4.77. The van der Waals surface area contributed by atoms with Crippen LogP contribution < -0.4 is 4.18 Å². The smallest absolute Gasteiger partial charge is 0.339 e. The van der Waals surface area contributed by atoms with Crippen molar-refractivity contribution in [2.75, 3.05) is 0 Å². The van der Waals surface area contributed by atoms with Gasteiger partial charge in [-0.3, -0.25) is 0 Å². The number of fused-ring (bicyclic) bond motifs is 1. The lowest BCUT2D eigenvalue weighted by molar-refractivity contribution is 0.485. The van der Waals surface area contributed by atoms with Crippen LogP contribution in [0.4, 0.5) is 0 Å². The fourth-order valence-electron chi connectivity index (χ4n) is 2.14. The van der Waals surface area contributed by atoms with Crippen molar-refractivity contribution in [3.8, 4) is 11.8 Å². The summed E-state index contributed by atoms with van der Waals surface area (Å²) >= 11 is 3.40. The average Bonchev–Trinajstić information content (AvgIpc) is 2.57. The zero-order valence-electron chi connectivity index (χ0n) is 11.7. The molecule has 0 atom stereocenters.